The van der Waals surface area contributed by atoms with Gasteiger partial charge in [0, 0.05) is 12.4 Å². The maximum Gasteiger partial charge on any atom is 0.0658 e. The highest BCUT2D eigenvalue weighted by Gasteiger charge is 2.07. The minimum absolute atomic E-state index is 0.704. The Kier molecular flexibility index (Phi) is 5.74. The van der Waals surface area contributed by atoms with Crippen LogP contribution in [0.1, 0.15) is 12.1 Å². The molecule has 0 saturated heterocycles. The highest BCUT2D eigenvalue weighted by molar-refractivity contribution is 9.10. The molecule has 0 fully saturated rings. The number of alkyl halides is 1. The smallest absolute Gasteiger partial charge is 0.0658 e. The van der Waals surface area contributed by atoms with Crippen LogP contribution in [0.5, 0.6) is 0 Å². The normalized spacial score (nSPS) is 10.8. The Morgan fingerprint density at radius 3 is 3.00 bits per heavy atom. The van der Waals surface area contributed by atoms with E-state index in [4.69, 9.17) is 4.74 Å². The number of rotatable bonds is 6. The van der Waals surface area contributed by atoms with Gasteiger partial charge in [0.2, 0.25) is 0 Å². The van der Waals surface area contributed by atoms with Gasteiger partial charge in [0.15, 0.2) is 0 Å². The SMILES string of the molecule is COCCn1ncc(Br)c1CCCBr. The van der Waals surface area contributed by atoms with Crippen LogP contribution >= 0.6 is 31.9 Å². The lowest BCUT2D eigenvalue weighted by atomic mass is 10.2. The van der Waals surface area contributed by atoms with Crippen LogP contribution in [-0.2, 0) is 17.7 Å². The largest absolute Gasteiger partial charge is 0.383 e. The molecule has 0 aliphatic carbocycles. The molecule has 0 spiro atoms. The lowest BCUT2D eigenvalue weighted by molar-refractivity contribution is 0.182. The number of ether oxygens (including phenoxy) is 1. The van der Waals surface area contributed by atoms with Crippen LogP contribution in [0.4, 0.5) is 0 Å². The summed E-state index contributed by atoms with van der Waals surface area (Å²) < 4.78 is 8.12. The van der Waals surface area contributed by atoms with E-state index in [0.717, 1.165) is 29.2 Å². The number of hydrogen-bond donors (Lipinski definition) is 0. The number of aromatic nitrogens is 2. The molecule has 1 aromatic rings. The minimum atomic E-state index is 0.704. The van der Waals surface area contributed by atoms with Crippen molar-refractivity contribution in [3.05, 3.63) is 16.4 Å². The fraction of sp³-hybridized carbons (Fsp3) is 0.667. The molecule has 5 heteroatoms. The van der Waals surface area contributed by atoms with Crippen molar-refractivity contribution < 1.29 is 4.74 Å². The van der Waals surface area contributed by atoms with Crippen molar-refractivity contribution in [1.29, 1.82) is 0 Å². The van der Waals surface area contributed by atoms with Crippen LogP contribution in [-0.4, -0.2) is 28.8 Å². The molecule has 0 unspecified atom stereocenters. The molecule has 1 heterocycles. The third-order valence-electron chi connectivity index (χ3n) is 1.95. The molecule has 0 radical (unpaired) electrons. The lowest BCUT2D eigenvalue weighted by Gasteiger charge is -2.06. The maximum absolute atomic E-state index is 5.03. The Morgan fingerprint density at radius 1 is 1.57 bits per heavy atom. The van der Waals surface area contributed by atoms with E-state index >= 15 is 0 Å². The van der Waals surface area contributed by atoms with Gasteiger partial charge in [-0.25, -0.2) is 0 Å². The third kappa shape index (κ3) is 3.37. The van der Waals surface area contributed by atoms with Gasteiger partial charge in [-0.3, -0.25) is 4.68 Å². The van der Waals surface area contributed by atoms with Crippen molar-refractivity contribution in [2.24, 2.45) is 0 Å². The summed E-state index contributed by atoms with van der Waals surface area (Å²) in [5, 5.41) is 5.30. The summed E-state index contributed by atoms with van der Waals surface area (Å²) >= 11 is 6.93. The van der Waals surface area contributed by atoms with E-state index in [0.29, 0.717) is 6.61 Å². The Bertz CT molecular complexity index is 276. The minimum Gasteiger partial charge on any atom is -0.383 e. The quantitative estimate of drug-likeness (QED) is 0.752. The average molecular weight is 326 g/mol. The van der Waals surface area contributed by atoms with E-state index in [1.54, 1.807) is 7.11 Å². The van der Waals surface area contributed by atoms with Gasteiger partial charge < -0.3 is 4.74 Å². The average Bonchev–Trinajstić information content (AvgIpc) is 2.53. The molecule has 0 bridgehead atoms. The fourth-order valence-electron chi connectivity index (χ4n) is 1.24. The van der Waals surface area contributed by atoms with Gasteiger partial charge in [-0.15, -0.1) is 0 Å². The Morgan fingerprint density at radius 2 is 2.36 bits per heavy atom. The molecule has 1 aromatic heterocycles. The van der Waals surface area contributed by atoms with Crippen LogP contribution in [0.2, 0.25) is 0 Å². The second-order valence-corrected chi connectivity index (χ2v) is 4.60. The molecule has 0 amide bonds. The molecular weight excluding hydrogens is 312 g/mol. The van der Waals surface area contributed by atoms with E-state index < -0.39 is 0 Å². The first kappa shape index (κ1) is 12.2. The standard InChI is InChI=1S/C9H14Br2N2O/c1-14-6-5-13-9(3-2-4-10)8(11)7-12-13/h7H,2-6H2,1H3. The summed E-state index contributed by atoms with van der Waals surface area (Å²) in [4.78, 5) is 0. The molecule has 80 valence electrons. The number of hydrogen-bond acceptors (Lipinski definition) is 2. The molecule has 1 rings (SSSR count). The van der Waals surface area contributed by atoms with E-state index in [9.17, 15) is 0 Å². The van der Waals surface area contributed by atoms with E-state index in [1.807, 2.05) is 10.9 Å². The van der Waals surface area contributed by atoms with Gasteiger partial charge in [0.05, 0.1) is 29.5 Å². The molecule has 0 aliphatic heterocycles. The molecule has 3 nitrogen and oxygen atoms in total. The van der Waals surface area contributed by atoms with Crippen LogP contribution in [0.15, 0.2) is 10.7 Å². The Balaban J connectivity index is 2.62. The van der Waals surface area contributed by atoms with Crippen LogP contribution in [0.25, 0.3) is 0 Å². The van der Waals surface area contributed by atoms with E-state index in [-0.39, 0.29) is 0 Å². The second-order valence-electron chi connectivity index (χ2n) is 2.95. The van der Waals surface area contributed by atoms with Gasteiger partial charge in [0.1, 0.15) is 0 Å². The van der Waals surface area contributed by atoms with Crippen LogP contribution < -0.4 is 0 Å². The maximum atomic E-state index is 5.03. The first-order valence-corrected chi connectivity index (χ1v) is 6.46. The van der Waals surface area contributed by atoms with E-state index in [2.05, 4.69) is 37.0 Å². The summed E-state index contributed by atoms with van der Waals surface area (Å²) in [5.41, 5.74) is 1.25. The first-order chi connectivity index (χ1) is 6.79. The van der Waals surface area contributed by atoms with Crippen molar-refractivity contribution in [3.63, 3.8) is 0 Å². The Labute approximate surface area is 101 Å². The van der Waals surface area contributed by atoms with Crippen molar-refractivity contribution >= 4 is 31.9 Å². The summed E-state index contributed by atoms with van der Waals surface area (Å²) in [6, 6.07) is 0. The van der Waals surface area contributed by atoms with Gasteiger partial charge >= 0.3 is 0 Å². The molecule has 0 aliphatic rings. The molecule has 0 N–H and O–H groups in total. The van der Waals surface area contributed by atoms with Gasteiger partial charge in [-0.05, 0) is 28.8 Å². The molecular formula is C9H14Br2N2O. The predicted molar refractivity (Wildman–Crippen MR) is 63.9 cm³/mol. The van der Waals surface area contributed by atoms with Crippen molar-refractivity contribution in [2.45, 2.75) is 19.4 Å². The van der Waals surface area contributed by atoms with Crippen LogP contribution in [0, 0.1) is 0 Å². The van der Waals surface area contributed by atoms with Crippen molar-refractivity contribution in [2.75, 3.05) is 19.0 Å². The summed E-state index contributed by atoms with van der Waals surface area (Å²) in [7, 11) is 1.71. The molecule has 0 saturated carbocycles. The summed E-state index contributed by atoms with van der Waals surface area (Å²) in [6.45, 7) is 1.52. The number of halogens is 2. The monoisotopic (exact) mass is 324 g/mol. The van der Waals surface area contributed by atoms with Gasteiger partial charge in [0.25, 0.3) is 0 Å². The van der Waals surface area contributed by atoms with Crippen molar-refractivity contribution in [1.82, 2.24) is 9.78 Å². The summed E-state index contributed by atoms with van der Waals surface area (Å²) in [6.07, 6.45) is 4.01. The number of methoxy groups -OCH3 is 1. The molecule has 0 aromatic carbocycles. The topological polar surface area (TPSA) is 27.1 Å². The zero-order chi connectivity index (χ0) is 10.4. The third-order valence-corrected chi connectivity index (χ3v) is 3.18. The van der Waals surface area contributed by atoms with Gasteiger partial charge in [-0.1, -0.05) is 15.9 Å². The van der Waals surface area contributed by atoms with Gasteiger partial charge in [-0.2, -0.15) is 5.10 Å². The zero-order valence-corrected chi connectivity index (χ0v) is 11.3. The fourth-order valence-corrected chi connectivity index (χ4v) is 2.02. The predicted octanol–water partition coefficient (Wildman–Crippen LogP) is 2.62. The number of nitrogens with zero attached hydrogens (tertiary/aromatic N) is 2. The first-order valence-electron chi connectivity index (χ1n) is 4.54. The Hall–Kier alpha value is 0.130. The summed E-state index contributed by atoms with van der Waals surface area (Å²) in [5.74, 6) is 0. The zero-order valence-electron chi connectivity index (χ0n) is 8.17. The lowest BCUT2D eigenvalue weighted by Crippen LogP contribution is -2.09. The highest BCUT2D eigenvalue weighted by Crippen LogP contribution is 2.17. The van der Waals surface area contributed by atoms with Crippen molar-refractivity contribution in [3.8, 4) is 0 Å². The molecule has 14 heavy (non-hydrogen) atoms. The van der Waals surface area contributed by atoms with Crippen LogP contribution in [0.3, 0.4) is 0 Å². The second kappa shape index (κ2) is 6.58. The molecule has 0 atom stereocenters. The highest BCUT2D eigenvalue weighted by atomic mass is 79.9. The van der Waals surface area contributed by atoms with E-state index in [1.165, 1.54) is 5.69 Å².